The predicted molar refractivity (Wildman–Crippen MR) is 79.9 cm³/mol. The smallest absolute Gasteiger partial charge is 0.161 e. The average molecular weight is 301 g/mol. The van der Waals surface area contributed by atoms with E-state index in [2.05, 4.69) is 0 Å². The number of ether oxygens (including phenoxy) is 2. The summed E-state index contributed by atoms with van der Waals surface area (Å²) in [5, 5.41) is 0. The molecule has 0 aliphatic carbocycles. The Kier molecular flexibility index (Phi) is 5.42. The van der Waals surface area contributed by atoms with Crippen molar-refractivity contribution < 1.29 is 17.9 Å². The molecule has 114 valence electrons. The molecule has 2 N–H and O–H groups in total. The third kappa shape index (κ3) is 4.11. The summed E-state index contributed by atoms with van der Waals surface area (Å²) in [4.78, 5) is 0. The molecule has 20 heavy (non-hydrogen) atoms. The highest BCUT2D eigenvalue weighted by molar-refractivity contribution is 7.92. The molecule has 0 bridgehead atoms. The molecule has 0 saturated carbocycles. The van der Waals surface area contributed by atoms with E-state index in [-0.39, 0.29) is 12.4 Å². The Balaban J connectivity index is 2.76. The van der Waals surface area contributed by atoms with Crippen LogP contribution in [0.4, 0.5) is 0 Å². The molecular formula is C14H23NO4S. The number of nitrogens with two attached hydrogens (primary N) is 1. The van der Waals surface area contributed by atoms with Crippen molar-refractivity contribution in [2.24, 2.45) is 5.73 Å². The summed E-state index contributed by atoms with van der Waals surface area (Å²) in [7, 11) is -1.66. The predicted octanol–water partition coefficient (Wildman–Crippen LogP) is 1.75. The first-order valence-electron chi connectivity index (χ1n) is 6.43. The first kappa shape index (κ1) is 16.8. The molecule has 0 saturated heterocycles. The SMILES string of the molecule is COc1ccc(CN)cc1OCCS(=O)(=O)C(C)(C)C. The van der Waals surface area contributed by atoms with E-state index in [1.54, 1.807) is 32.9 Å². The molecular weight excluding hydrogens is 278 g/mol. The first-order chi connectivity index (χ1) is 9.21. The van der Waals surface area contributed by atoms with Gasteiger partial charge in [0.15, 0.2) is 21.3 Å². The molecule has 0 unspecified atom stereocenters. The number of methoxy groups -OCH3 is 1. The summed E-state index contributed by atoms with van der Waals surface area (Å²) < 4.78 is 33.9. The van der Waals surface area contributed by atoms with Gasteiger partial charge in [0, 0.05) is 6.54 Å². The molecule has 0 heterocycles. The van der Waals surface area contributed by atoms with E-state index in [0.717, 1.165) is 5.56 Å². The minimum atomic E-state index is -3.19. The van der Waals surface area contributed by atoms with Gasteiger partial charge in [0.25, 0.3) is 0 Å². The van der Waals surface area contributed by atoms with Crippen LogP contribution in [0.2, 0.25) is 0 Å². The Morgan fingerprint density at radius 1 is 1.20 bits per heavy atom. The molecule has 0 atom stereocenters. The Morgan fingerprint density at radius 2 is 1.85 bits per heavy atom. The van der Waals surface area contributed by atoms with Crippen LogP contribution in [-0.4, -0.2) is 32.6 Å². The fourth-order valence-corrected chi connectivity index (χ4v) is 2.44. The molecule has 0 radical (unpaired) electrons. The Hall–Kier alpha value is -1.27. The zero-order valence-corrected chi connectivity index (χ0v) is 13.3. The molecule has 1 aromatic rings. The molecule has 1 aromatic carbocycles. The van der Waals surface area contributed by atoms with Gasteiger partial charge in [-0.25, -0.2) is 8.42 Å². The fourth-order valence-electron chi connectivity index (χ4n) is 1.53. The summed E-state index contributed by atoms with van der Waals surface area (Å²) in [5.41, 5.74) is 6.48. The van der Waals surface area contributed by atoms with E-state index in [1.165, 1.54) is 7.11 Å². The van der Waals surface area contributed by atoms with Gasteiger partial charge >= 0.3 is 0 Å². The first-order valence-corrected chi connectivity index (χ1v) is 8.08. The van der Waals surface area contributed by atoms with Gasteiger partial charge in [0.05, 0.1) is 17.6 Å². The number of rotatable bonds is 6. The standard InChI is InChI=1S/C14H23NO4S/c1-14(2,3)20(16,17)8-7-19-13-9-11(10-15)5-6-12(13)18-4/h5-6,9H,7-8,10,15H2,1-4H3. The highest BCUT2D eigenvalue weighted by Gasteiger charge is 2.28. The van der Waals surface area contributed by atoms with Crippen LogP contribution in [0.25, 0.3) is 0 Å². The summed E-state index contributed by atoms with van der Waals surface area (Å²) >= 11 is 0. The number of hydrogen-bond donors (Lipinski definition) is 1. The van der Waals surface area contributed by atoms with Crippen molar-refractivity contribution in [1.29, 1.82) is 0 Å². The molecule has 0 fully saturated rings. The fraction of sp³-hybridized carbons (Fsp3) is 0.571. The third-order valence-corrected chi connectivity index (χ3v) is 5.58. The quantitative estimate of drug-likeness (QED) is 0.866. The highest BCUT2D eigenvalue weighted by Crippen LogP contribution is 2.28. The number of hydrogen-bond acceptors (Lipinski definition) is 5. The van der Waals surface area contributed by atoms with Crippen LogP contribution in [0.1, 0.15) is 26.3 Å². The van der Waals surface area contributed by atoms with Crippen molar-refractivity contribution in [1.82, 2.24) is 0 Å². The maximum atomic E-state index is 12.0. The van der Waals surface area contributed by atoms with E-state index >= 15 is 0 Å². The van der Waals surface area contributed by atoms with Crippen LogP contribution >= 0.6 is 0 Å². The largest absolute Gasteiger partial charge is 0.493 e. The van der Waals surface area contributed by atoms with Gasteiger partial charge in [-0.3, -0.25) is 0 Å². The molecule has 5 nitrogen and oxygen atoms in total. The Morgan fingerprint density at radius 3 is 2.35 bits per heavy atom. The van der Waals surface area contributed by atoms with Gasteiger partial charge in [0.1, 0.15) is 6.61 Å². The lowest BCUT2D eigenvalue weighted by molar-refractivity contribution is 0.310. The maximum Gasteiger partial charge on any atom is 0.161 e. The Bertz CT molecular complexity index is 547. The zero-order valence-electron chi connectivity index (χ0n) is 12.5. The Labute approximate surface area is 121 Å². The van der Waals surface area contributed by atoms with Crippen molar-refractivity contribution in [3.8, 4) is 11.5 Å². The second-order valence-electron chi connectivity index (χ2n) is 5.47. The lowest BCUT2D eigenvalue weighted by Crippen LogP contribution is -2.32. The van der Waals surface area contributed by atoms with Gasteiger partial charge in [-0.1, -0.05) is 6.07 Å². The number of sulfone groups is 1. The zero-order chi connectivity index (χ0) is 15.4. The van der Waals surface area contributed by atoms with Crippen LogP contribution in [0.3, 0.4) is 0 Å². The van der Waals surface area contributed by atoms with Crippen LogP contribution in [0.5, 0.6) is 11.5 Å². The van der Waals surface area contributed by atoms with Gasteiger partial charge in [-0.15, -0.1) is 0 Å². The van der Waals surface area contributed by atoms with Crippen LogP contribution in [0.15, 0.2) is 18.2 Å². The molecule has 0 amide bonds. The van der Waals surface area contributed by atoms with Crippen LogP contribution < -0.4 is 15.2 Å². The van der Waals surface area contributed by atoms with E-state index in [1.807, 2.05) is 6.07 Å². The minimum Gasteiger partial charge on any atom is -0.493 e. The molecule has 0 aliphatic rings. The average Bonchev–Trinajstić information content (AvgIpc) is 2.37. The lowest BCUT2D eigenvalue weighted by atomic mass is 10.2. The van der Waals surface area contributed by atoms with Gasteiger partial charge in [-0.05, 0) is 38.5 Å². The van der Waals surface area contributed by atoms with Crippen LogP contribution in [-0.2, 0) is 16.4 Å². The van der Waals surface area contributed by atoms with Crippen molar-refractivity contribution in [3.05, 3.63) is 23.8 Å². The molecule has 0 aliphatic heterocycles. The van der Waals surface area contributed by atoms with Gasteiger partial charge in [-0.2, -0.15) is 0 Å². The van der Waals surface area contributed by atoms with Crippen LogP contribution in [0, 0.1) is 0 Å². The normalized spacial score (nSPS) is 12.2. The van der Waals surface area contributed by atoms with Gasteiger partial charge in [0.2, 0.25) is 0 Å². The van der Waals surface area contributed by atoms with Crippen molar-refractivity contribution in [3.63, 3.8) is 0 Å². The second-order valence-corrected chi connectivity index (χ2v) is 8.33. The molecule has 0 aromatic heterocycles. The second kappa shape index (κ2) is 6.45. The topological polar surface area (TPSA) is 78.6 Å². The van der Waals surface area contributed by atoms with Crippen molar-refractivity contribution in [2.75, 3.05) is 19.5 Å². The van der Waals surface area contributed by atoms with E-state index in [9.17, 15) is 8.42 Å². The van der Waals surface area contributed by atoms with E-state index in [0.29, 0.717) is 18.0 Å². The highest BCUT2D eigenvalue weighted by atomic mass is 32.2. The van der Waals surface area contributed by atoms with Crippen molar-refractivity contribution in [2.45, 2.75) is 32.1 Å². The maximum absolute atomic E-state index is 12.0. The molecule has 6 heteroatoms. The number of benzene rings is 1. The summed E-state index contributed by atoms with van der Waals surface area (Å²) in [5.74, 6) is 1.04. The molecule has 1 rings (SSSR count). The van der Waals surface area contributed by atoms with E-state index in [4.69, 9.17) is 15.2 Å². The van der Waals surface area contributed by atoms with Gasteiger partial charge < -0.3 is 15.2 Å². The third-order valence-electron chi connectivity index (χ3n) is 3.01. The van der Waals surface area contributed by atoms with E-state index < -0.39 is 14.6 Å². The monoisotopic (exact) mass is 301 g/mol. The summed E-state index contributed by atoms with van der Waals surface area (Å²) in [6.45, 7) is 5.51. The summed E-state index contributed by atoms with van der Waals surface area (Å²) in [6.07, 6.45) is 0. The van der Waals surface area contributed by atoms with Crippen molar-refractivity contribution >= 4 is 9.84 Å². The summed E-state index contributed by atoms with van der Waals surface area (Å²) in [6, 6.07) is 5.37. The lowest BCUT2D eigenvalue weighted by Gasteiger charge is -2.19. The minimum absolute atomic E-state index is 0.0352. The molecule has 0 spiro atoms.